The van der Waals surface area contributed by atoms with Crippen LogP contribution in [0.15, 0.2) is 60.7 Å². The van der Waals surface area contributed by atoms with E-state index in [1.165, 1.54) is 0 Å². The molecule has 100 valence electrons. The molecule has 3 aromatic rings. The van der Waals surface area contributed by atoms with Crippen molar-refractivity contribution in [3.8, 4) is 5.69 Å². The van der Waals surface area contributed by atoms with E-state index in [1.807, 2.05) is 48.5 Å². The second kappa shape index (κ2) is 5.38. The minimum atomic E-state index is 0.0566. The maximum absolute atomic E-state index is 5.48. The molecule has 0 radical (unpaired) electrons. The summed E-state index contributed by atoms with van der Waals surface area (Å²) in [5.41, 5.74) is 2.08. The average molecular weight is 282 g/mol. The van der Waals surface area contributed by atoms with Gasteiger partial charge in [0.2, 0.25) is 4.77 Å². The van der Waals surface area contributed by atoms with Gasteiger partial charge in [-0.25, -0.2) is 4.68 Å². The quantitative estimate of drug-likeness (QED) is 0.691. The summed E-state index contributed by atoms with van der Waals surface area (Å²) in [6.07, 6.45) is 0. The van der Waals surface area contributed by atoms with Crippen LogP contribution in [-0.4, -0.2) is 19.8 Å². The van der Waals surface area contributed by atoms with E-state index in [9.17, 15) is 0 Å². The maximum Gasteiger partial charge on any atom is 0.221 e. The third kappa shape index (κ3) is 2.28. The highest BCUT2D eigenvalue weighted by Crippen LogP contribution is 2.17. The van der Waals surface area contributed by atoms with Crippen molar-refractivity contribution in [1.29, 1.82) is 0 Å². The van der Waals surface area contributed by atoms with Gasteiger partial charge in [0.25, 0.3) is 0 Å². The summed E-state index contributed by atoms with van der Waals surface area (Å²) in [4.78, 5) is 0. The molecule has 0 saturated carbocycles. The molecule has 0 spiro atoms. The number of rotatable bonds is 3. The number of nitrogens with zero attached hydrogens (tertiary/aromatic N) is 4. The fourth-order valence-electron chi connectivity index (χ4n) is 2.10. The van der Waals surface area contributed by atoms with Crippen LogP contribution in [0.1, 0.15) is 18.5 Å². The number of hydrogen-bond donors (Lipinski definition) is 0. The van der Waals surface area contributed by atoms with Crippen LogP contribution in [-0.2, 0) is 0 Å². The van der Waals surface area contributed by atoms with E-state index in [2.05, 4.69) is 29.5 Å². The smallest absolute Gasteiger partial charge is 0.211 e. The highest BCUT2D eigenvalue weighted by Gasteiger charge is 2.13. The van der Waals surface area contributed by atoms with Gasteiger partial charge in [-0.15, -0.1) is 0 Å². The van der Waals surface area contributed by atoms with Gasteiger partial charge < -0.3 is 0 Å². The van der Waals surface area contributed by atoms with E-state index < -0.39 is 0 Å². The first-order valence-corrected chi connectivity index (χ1v) is 6.83. The van der Waals surface area contributed by atoms with Gasteiger partial charge in [0.1, 0.15) is 0 Å². The number of aromatic nitrogens is 4. The Labute approximate surface area is 122 Å². The van der Waals surface area contributed by atoms with Crippen molar-refractivity contribution in [2.75, 3.05) is 0 Å². The number of benzene rings is 2. The summed E-state index contributed by atoms with van der Waals surface area (Å²) in [7, 11) is 0. The van der Waals surface area contributed by atoms with E-state index in [0.29, 0.717) is 4.77 Å². The van der Waals surface area contributed by atoms with Gasteiger partial charge in [-0.05, 0) is 47.3 Å². The van der Waals surface area contributed by atoms with Gasteiger partial charge >= 0.3 is 0 Å². The SMILES string of the molecule is CC(c1ccccc1)n1nnn(-c2ccccc2)c1=S. The lowest BCUT2D eigenvalue weighted by Crippen LogP contribution is -2.09. The van der Waals surface area contributed by atoms with Gasteiger partial charge in [0.05, 0.1) is 11.7 Å². The lowest BCUT2D eigenvalue weighted by Gasteiger charge is -2.10. The first-order valence-electron chi connectivity index (χ1n) is 6.42. The lowest BCUT2D eigenvalue weighted by atomic mass is 10.1. The van der Waals surface area contributed by atoms with Gasteiger partial charge in [-0.1, -0.05) is 48.5 Å². The van der Waals surface area contributed by atoms with E-state index in [-0.39, 0.29) is 6.04 Å². The van der Waals surface area contributed by atoms with Crippen LogP contribution in [0.25, 0.3) is 5.69 Å². The number of tetrazole rings is 1. The summed E-state index contributed by atoms with van der Waals surface area (Å²) in [6, 6.07) is 20.0. The molecule has 0 bridgehead atoms. The first-order chi connectivity index (χ1) is 9.77. The van der Waals surface area contributed by atoms with E-state index in [1.54, 1.807) is 9.36 Å². The molecule has 1 unspecified atom stereocenters. The van der Waals surface area contributed by atoms with Crippen molar-refractivity contribution in [1.82, 2.24) is 19.8 Å². The molecule has 2 aromatic carbocycles. The largest absolute Gasteiger partial charge is 0.221 e. The normalized spacial score (nSPS) is 12.2. The molecule has 0 aliphatic heterocycles. The Bertz CT molecular complexity index is 746. The summed E-state index contributed by atoms with van der Waals surface area (Å²) in [6.45, 7) is 2.06. The molecule has 0 aliphatic rings. The molecule has 0 aliphatic carbocycles. The zero-order chi connectivity index (χ0) is 13.9. The van der Waals surface area contributed by atoms with Gasteiger partial charge in [0, 0.05) is 0 Å². The van der Waals surface area contributed by atoms with Crippen molar-refractivity contribution in [2.45, 2.75) is 13.0 Å². The van der Waals surface area contributed by atoms with Crippen molar-refractivity contribution in [2.24, 2.45) is 0 Å². The van der Waals surface area contributed by atoms with Crippen molar-refractivity contribution in [3.63, 3.8) is 0 Å². The third-order valence-electron chi connectivity index (χ3n) is 3.25. The Balaban J connectivity index is 2.02. The number of para-hydroxylation sites is 1. The topological polar surface area (TPSA) is 35.6 Å². The number of hydrogen-bond acceptors (Lipinski definition) is 3. The molecule has 1 aromatic heterocycles. The molecule has 0 amide bonds. The van der Waals surface area contributed by atoms with Crippen LogP contribution in [0.5, 0.6) is 0 Å². The minimum absolute atomic E-state index is 0.0566. The lowest BCUT2D eigenvalue weighted by molar-refractivity contribution is 0.537. The fourth-order valence-corrected chi connectivity index (χ4v) is 2.44. The second-order valence-corrected chi connectivity index (χ2v) is 4.91. The Morgan fingerprint density at radius 1 is 0.900 bits per heavy atom. The van der Waals surface area contributed by atoms with Crippen molar-refractivity contribution >= 4 is 12.2 Å². The Kier molecular flexibility index (Phi) is 3.43. The summed E-state index contributed by atoms with van der Waals surface area (Å²) < 4.78 is 4.03. The monoisotopic (exact) mass is 282 g/mol. The molecule has 20 heavy (non-hydrogen) atoms. The molecule has 3 rings (SSSR count). The second-order valence-electron chi connectivity index (χ2n) is 4.54. The van der Waals surface area contributed by atoms with E-state index >= 15 is 0 Å². The third-order valence-corrected chi connectivity index (χ3v) is 3.61. The van der Waals surface area contributed by atoms with Gasteiger partial charge in [-0.3, -0.25) is 0 Å². The van der Waals surface area contributed by atoms with Crippen molar-refractivity contribution in [3.05, 3.63) is 71.0 Å². The van der Waals surface area contributed by atoms with E-state index in [4.69, 9.17) is 12.2 Å². The summed E-state index contributed by atoms with van der Waals surface area (Å²) in [5, 5.41) is 8.35. The molecule has 1 heterocycles. The zero-order valence-electron chi connectivity index (χ0n) is 11.0. The standard InChI is InChI=1S/C15H14N4S/c1-12(13-8-4-2-5-9-13)18-15(20)19(17-16-18)14-10-6-3-7-11-14/h2-12H,1H3. The van der Waals surface area contributed by atoms with Crippen LogP contribution >= 0.6 is 12.2 Å². The summed E-state index contributed by atoms with van der Waals surface area (Å²) in [5.74, 6) is 0. The highest BCUT2D eigenvalue weighted by molar-refractivity contribution is 7.71. The fraction of sp³-hybridized carbons (Fsp3) is 0.133. The molecule has 0 fully saturated rings. The molecule has 4 nitrogen and oxygen atoms in total. The van der Waals surface area contributed by atoms with Gasteiger partial charge in [-0.2, -0.15) is 4.68 Å². The molecule has 5 heteroatoms. The van der Waals surface area contributed by atoms with Crippen LogP contribution in [0.2, 0.25) is 0 Å². The Hall–Kier alpha value is -2.27. The summed E-state index contributed by atoms with van der Waals surface area (Å²) >= 11 is 5.48. The van der Waals surface area contributed by atoms with Crippen LogP contribution in [0.3, 0.4) is 0 Å². The van der Waals surface area contributed by atoms with E-state index in [0.717, 1.165) is 11.3 Å². The molecular weight excluding hydrogens is 268 g/mol. The zero-order valence-corrected chi connectivity index (χ0v) is 11.9. The molecule has 0 saturated heterocycles. The maximum atomic E-state index is 5.48. The Morgan fingerprint density at radius 3 is 2.15 bits per heavy atom. The minimum Gasteiger partial charge on any atom is -0.211 e. The molecular formula is C15H14N4S. The average Bonchev–Trinajstić information content (AvgIpc) is 2.90. The van der Waals surface area contributed by atoms with Crippen molar-refractivity contribution < 1.29 is 0 Å². The predicted molar refractivity (Wildman–Crippen MR) is 80.4 cm³/mol. The van der Waals surface area contributed by atoms with Gasteiger partial charge in [0.15, 0.2) is 0 Å². The van der Waals surface area contributed by atoms with Crippen LogP contribution < -0.4 is 0 Å². The molecule has 0 N–H and O–H groups in total. The molecule has 1 atom stereocenters. The Morgan fingerprint density at radius 2 is 1.50 bits per heavy atom. The first kappa shape index (κ1) is 12.7. The van der Waals surface area contributed by atoms with Crippen LogP contribution in [0, 0.1) is 4.77 Å². The highest BCUT2D eigenvalue weighted by atomic mass is 32.1. The van der Waals surface area contributed by atoms with Crippen LogP contribution in [0.4, 0.5) is 0 Å². The predicted octanol–water partition coefficient (Wildman–Crippen LogP) is 3.41.